The number of amides is 1. The normalized spacial score (nSPS) is 10.9. The molecule has 1 amide bonds. The number of rotatable bonds is 6. The molecule has 0 heterocycles. The van der Waals surface area contributed by atoms with Gasteiger partial charge < -0.3 is 16.0 Å². The highest BCUT2D eigenvalue weighted by Gasteiger charge is 2.06. The molecular weight excluding hydrogens is 226 g/mol. The van der Waals surface area contributed by atoms with Gasteiger partial charge in [0.2, 0.25) is 0 Å². The van der Waals surface area contributed by atoms with Gasteiger partial charge in [0.1, 0.15) is 0 Å². The van der Waals surface area contributed by atoms with Gasteiger partial charge in [-0.1, -0.05) is 6.07 Å². The second-order valence-electron chi connectivity index (χ2n) is 4.81. The molecule has 1 aromatic rings. The number of hydrogen-bond donors (Lipinski definition) is 2. The van der Waals surface area contributed by atoms with Crippen LogP contribution >= 0.6 is 0 Å². The zero-order chi connectivity index (χ0) is 13.5. The fraction of sp³-hybridized carbons (Fsp3) is 0.500. The number of carbonyl (C=O) groups excluding carboxylic acids is 1. The standard InChI is InChI=1S/C14H23N3O/c1-11(2)17(3)9-5-8-16-14(18)12-6-4-7-13(15)10-12/h4,6-7,10-11H,5,8-9,15H2,1-3H3,(H,16,18). The number of benzene rings is 1. The predicted octanol–water partition coefficient (Wildman–Crippen LogP) is 1.73. The summed E-state index contributed by atoms with van der Waals surface area (Å²) in [6, 6.07) is 7.56. The number of carbonyl (C=O) groups is 1. The van der Waals surface area contributed by atoms with Crippen molar-refractivity contribution in [3.63, 3.8) is 0 Å². The summed E-state index contributed by atoms with van der Waals surface area (Å²) in [6.07, 6.45) is 0.947. The van der Waals surface area contributed by atoms with Crippen molar-refractivity contribution < 1.29 is 4.79 Å². The minimum atomic E-state index is -0.0606. The van der Waals surface area contributed by atoms with Gasteiger partial charge in [0.15, 0.2) is 0 Å². The first-order valence-electron chi connectivity index (χ1n) is 6.34. The third kappa shape index (κ3) is 4.75. The molecule has 0 aromatic heterocycles. The number of nitrogen functional groups attached to an aromatic ring is 1. The number of nitrogens with two attached hydrogens (primary N) is 1. The molecule has 0 radical (unpaired) electrons. The fourth-order valence-electron chi connectivity index (χ4n) is 1.57. The maximum atomic E-state index is 11.8. The van der Waals surface area contributed by atoms with Gasteiger partial charge in [0, 0.05) is 23.8 Å². The Hall–Kier alpha value is -1.55. The van der Waals surface area contributed by atoms with Gasteiger partial charge >= 0.3 is 0 Å². The molecule has 100 valence electrons. The highest BCUT2D eigenvalue weighted by atomic mass is 16.1. The van der Waals surface area contributed by atoms with Crippen molar-refractivity contribution in [3.8, 4) is 0 Å². The Morgan fingerprint density at radius 1 is 1.44 bits per heavy atom. The van der Waals surface area contributed by atoms with E-state index in [9.17, 15) is 4.79 Å². The van der Waals surface area contributed by atoms with E-state index < -0.39 is 0 Å². The Kier molecular flexibility index (Phi) is 5.65. The highest BCUT2D eigenvalue weighted by molar-refractivity contribution is 5.94. The summed E-state index contributed by atoms with van der Waals surface area (Å²) < 4.78 is 0. The van der Waals surface area contributed by atoms with Crippen LogP contribution in [0.15, 0.2) is 24.3 Å². The third-order valence-electron chi connectivity index (χ3n) is 3.00. The number of hydrogen-bond acceptors (Lipinski definition) is 3. The molecule has 4 heteroatoms. The maximum Gasteiger partial charge on any atom is 0.251 e. The van der Waals surface area contributed by atoms with Gasteiger partial charge in [-0.3, -0.25) is 4.79 Å². The summed E-state index contributed by atoms with van der Waals surface area (Å²) >= 11 is 0. The zero-order valence-electron chi connectivity index (χ0n) is 11.4. The first kappa shape index (κ1) is 14.5. The van der Waals surface area contributed by atoms with E-state index in [0.29, 0.717) is 23.8 Å². The second-order valence-corrected chi connectivity index (χ2v) is 4.81. The van der Waals surface area contributed by atoms with Crippen molar-refractivity contribution in [2.75, 3.05) is 25.9 Å². The molecule has 0 unspecified atom stereocenters. The van der Waals surface area contributed by atoms with Gasteiger partial charge in [0.25, 0.3) is 5.91 Å². The van der Waals surface area contributed by atoms with Crippen molar-refractivity contribution in [2.24, 2.45) is 0 Å². The molecule has 0 fully saturated rings. The molecule has 0 aliphatic rings. The van der Waals surface area contributed by atoms with Crippen molar-refractivity contribution in [3.05, 3.63) is 29.8 Å². The molecule has 0 aliphatic carbocycles. The molecule has 0 saturated carbocycles. The van der Waals surface area contributed by atoms with E-state index in [1.165, 1.54) is 0 Å². The molecular formula is C14H23N3O. The number of anilines is 1. The molecule has 1 rings (SSSR count). The Morgan fingerprint density at radius 3 is 2.78 bits per heavy atom. The lowest BCUT2D eigenvalue weighted by atomic mass is 10.2. The van der Waals surface area contributed by atoms with E-state index in [1.807, 2.05) is 0 Å². The van der Waals surface area contributed by atoms with Gasteiger partial charge in [-0.25, -0.2) is 0 Å². The van der Waals surface area contributed by atoms with Gasteiger partial charge in [0.05, 0.1) is 0 Å². The summed E-state index contributed by atoms with van der Waals surface area (Å²) in [5.41, 5.74) is 6.87. The van der Waals surface area contributed by atoms with Crippen LogP contribution in [0.5, 0.6) is 0 Å². The van der Waals surface area contributed by atoms with Crippen LogP contribution < -0.4 is 11.1 Å². The molecule has 0 atom stereocenters. The van der Waals surface area contributed by atoms with Gasteiger partial charge in [-0.15, -0.1) is 0 Å². The van der Waals surface area contributed by atoms with Crippen LogP contribution in [-0.4, -0.2) is 37.0 Å². The number of nitrogens with zero attached hydrogens (tertiary/aromatic N) is 1. The van der Waals surface area contributed by atoms with E-state index in [2.05, 4.69) is 31.1 Å². The predicted molar refractivity (Wildman–Crippen MR) is 75.6 cm³/mol. The van der Waals surface area contributed by atoms with Crippen molar-refractivity contribution >= 4 is 11.6 Å². The molecule has 18 heavy (non-hydrogen) atoms. The zero-order valence-corrected chi connectivity index (χ0v) is 11.4. The summed E-state index contributed by atoms with van der Waals surface area (Å²) in [5, 5.41) is 2.90. The van der Waals surface area contributed by atoms with Crippen molar-refractivity contribution in [2.45, 2.75) is 26.3 Å². The lowest BCUT2D eigenvalue weighted by Gasteiger charge is -2.20. The highest BCUT2D eigenvalue weighted by Crippen LogP contribution is 2.06. The largest absolute Gasteiger partial charge is 0.399 e. The summed E-state index contributed by atoms with van der Waals surface area (Å²) in [5.74, 6) is -0.0606. The second kappa shape index (κ2) is 7.01. The fourth-order valence-corrected chi connectivity index (χ4v) is 1.57. The Bertz CT molecular complexity index is 390. The van der Waals surface area contributed by atoms with Crippen molar-refractivity contribution in [1.29, 1.82) is 0 Å². The van der Waals surface area contributed by atoms with E-state index in [1.54, 1.807) is 24.3 Å². The number of nitrogens with one attached hydrogen (secondary N) is 1. The van der Waals surface area contributed by atoms with Gasteiger partial charge in [-0.05, 0) is 52.1 Å². The quantitative estimate of drug-likeness (QED) is 0.596. The first-order chi connectivity index (χ1) is 8.50. The van der Waals surface area contributed by atoms with Gasteiger partial charge in [-0.2, -0.15) is 0 Å². The summed E-state index contributed by atoms with van der Waals surface area (Å²) in [6.45, 7) is 5.98. The summed E-state index contributed by atoms with van der Waals surface area (Å²) in [7, 11) is 2.09. The Labute approximate surface area is 109 Å². The summed E-state index contributed by atoms with van der Waals surface area (Å²) in [4.78, 5) is 14.1. The van der Waals surface area contributed by atoms with E-state index in [0.717, 1.165) is 13.0 Å². The van der Waals surface area contributed by atoms with Crippen LogP contribution in [0.25, 0.3) is 0 Å². The monoisotopic (exact) mass is 249 g/mol. The Balaban J connectivity index is 2.30. The molecule has 4 nitrogen and oxygen atoms in total. The van der Waals surface area contributed by atoms with E-state index >= 15 is 0 Å². The van der Waals surface area contributed by atoms with E-state index in [4.69, 9.17) is 5.73 Å². The molecule has 0 aliphatic heterocycles. The van der Waals surface area contributed by atoms with Crippen LogP contribution in [0.2, 0.25) is 0 Å². The third-order valence-corrected chi connectivity index (χ3v) is 3.00. The van der Waals surface area contributed by atoms with Crippen molar-refractivity contribution in [1.82, 2.24) is 10.2 Å². The molecule has 3 N–H and O–H groups in total. The molecule has 0 saturated heterocycles. The lowest BCUT2D eigenvalue weighted by molar-refractivity contribution is 0.0951. The minimum Gasteiger partial charge on any atom is -0.399 e. The van der Waals surface area contributed by atoms with E-state index in [-0.39, 0.29) is 5.91 Å². The molecule has 0 bridgehead atoms. The van der Waals surface area contributed by atoms with Crippen LogP contribution in [0, 0.1) is 0 Å². The van der Waals surface area contributed by atoms with Crippen LogP contribution in [0.4, 0.5) is 5.69 Å². The smallest absolute Gasteiger partial charge is 0.251 e. The minimum absolute atomic E-state index is 0.0606. The average Bonchev–Trinajstić information content (AvgIpc) is 2.33. The maximum absolute atomic E-state index is 11.8. The lowest BCUT2D eigenvalue weighted by Crippen LogP contribution is -2.31. The SMILES string of the molecule is CC(C)N(C)CCCNC(=O)c1cccc(N)c1. The van der Waals surface area contributed by atoms with Crippen LogP contribution in [0.3, 0.4) is 0 Å². The first-order valence-corrected chi connectivity index (χ1v) is 6.34. The van der Waals surface area contributed by atoms with Crippen LogP contribution in [-0.2, 0) is 0 Å². The molecule has 0 spiro atoms. The molecule has 1 aromatic carbocycles. The Morgan fingerprint density at radius 2 is 2.17 bits per heavy atom. The average molecular weight is 249 g/mol. The van der Waals surface area contributed by atoms with Crippen LogP contribution in [0.1, 0.15) is 30.6 Å². The topological polar surface area (TPSA) is 58.4 Å².